The van der Waals surface area contributed by atoms with Crippen LogP contribution >= 0.6 is 0 Å². The summed E-state index contributed by atoms with van der Waals surface area (Å²) >= 11 is 0. The first-order chi connectivity index (χ1) is 8.52. The number of hydrogen-bond acceptors (Lipinski definition) is 2. The van der Waals surface area contributed by atoms with Crippen molar-refractivity contribution in [3.05, 3.63) is 29.8 Å². The topological polar surface area (TPSA) is 27.0 Å². The van der Waals surface area contributed by atoms with E-state index in [-0.39, 0.29) is 0 Å². The Kier molecular flexibility index (Phi) is 5.22. The first-order valence-corrected chi connectivity index (χ1v) is 6.77. The summed E-state index contributed by atoms with van der Waals surface area (Å²) in [5.74, 6) is 0. The van der Waals surface area contributed by atoms with Gasteiger partial charge in [0.05, 0.1) is 11.6 Å². The molecule has 0 saturated heterocycles. The highest BCUT2D eigenvalue weighted by Crippen LogP contribution is 2.26. The molecule has 1 aromatic carbocycles. The lowest BCUT2D eigenvalue weighted by molar-refractivity contribution is 0.324. The van der Waals surface area contributed by atoms with E-state index < -0.39 is 0 Å². The summed E-state index contributed by atoms with van der Waals surface area (Å²) in [6.45, 7) is 11.1. The molecule has 0 aliphatic rings. The van der Waals surface area contributed by atoms with Crippen LogP contribution in [-0.2, 0) is 0 Å². The van der Waals surface area contributed by atoms with Crippen molar-refractivity contribution in [1.82, 2.24) is 0 Å². The second kappa shape index (κ2) is 6.44. The summed E-state index contributed by atoms with van der Waals surface area (Å²) in [6.07, 6.45) is 2.40. The molecule has 0 saturated carbocycles. The van der Waals surface area contributed by atoms with Crippen LogP contribution in [0.5, 0.6) is 0 Å². The van der Waals surface area contributed by atoms with Gasteiger partial charge in [0.2, 0.25) is 0 Å². The van der Waals surface area contributed by atoms with Gasteiger partial charge in [-0.25, -0.2) is 0 Å². The summed E-state index contributed by atoms with van der Waals surface area (Å²) < 4.78 is 0. The first kappa shape index (κ1) is 14.6. The molecule has 0 radical (unpaired) electrons. The smallest absolute Gasteiger partial charge is 0.0991 e. The summed E-state index contributed by atoms with van der Waals surface area (Å²) in [6, 6.07) is 10.0. The fourth-order valence-corrected chi connectivity index (χ4v) is 1.83. The van der Waals surface area contributed by atoms with E-state index >= 15 is 0 Å². The van der Waals surface area contributed by atoms with Gasteiger partial charge in [-0.2, -0.15) is 5.26 Å². The Hall–Kier alpha value is -1.49. The molecule has 0 heterocycles. The molecule has 0 atom stereocenters. The maximum Gasteiger partial charge on any atom is 0.0991 e. The van der Waals surface area contributed by atoms with Gasteiger partial charge < -0.3 is 4.90 Å². The summed E-state index contributed by atoms with van der Waals surface area (Å²) in [7, 11) is 0. The molecule has 18 heavy (non-hydrogen) atoms. The molecule has 0 N–H and O–H groups in total. The van der Waals surface area contributed by atoms with Gasteiger partial charge in [-0.05, 0) is 43.0 Å². The van der Waals surface area contributed by atoms with E-state index in [1.54, 1.807) is 0 Å². The largest absolute Gasteiger partial charge is 0.372 e. The predicted octanol–water partition coefficient (Wildman–Crippen LogP) is 4.21. The van der Waals surface area contributed by atoms with Crippen LogP contribution in [0.3, 0.4) is 0 Å². The zero-order valence-corrected chi connectivity index (χ0v) is 12.0. The number of nitriles is 1. The van der Waals surface area contributed by atoms with Gasteiger partial charge in [0.1, 0.15) is 0 Å². The standard InChI is InChI=1S/C16H24N2/c1-5-16(3,4)11-12-18(6-2)15-9-7-14(13-17)8-10-15/h7-10H,5-6,11-12H2,1-4H3. The van der Waals surface area contributed by atoms with Crippen LogP contribution in [0, 0.1) is 16.7 Å². The van der Waals surface area contributed by atoms with E-state index in [9.17, 15) is 0 Å². The fraction of sp³-hybridized carbons (Fsp3) is 0.562. The molecule has 0 amide bonds. The molecule has 1 rings (SSSR count). The van der Waals surface area contributed by atoms with Crippen LogP contribution in [0.4, 0.5) is 5.69 Å². The van der Waals surface area contributed by atoms with Gasteiger partial charge in [0.15, 0.2) is 0 Å². The molecule has 0 aromatic heterocycles. The van der Waals surface area contributed by atoms with Crippen molar-refractivity contribution in [3.63, 3.8) is 0 Å². The van der Waals surface area contributed by atoms with Gasteiger partial charge in [-0.1, -0.05) is 27.2 Å². The molecule has 2 nitrogen and oxygen atoms in total. The third-order valence-corrected chi connectivity index (χ3v) is 3.76. The third-order valence-electron chi connectivity index (χ3n) is 3.76. The van der Waals surface area contributed by atoms with Crippen LogP contribution in [0.1, 0.15) is 46.1 Å². The maximum atomic E-state index is 8.80. The van der Waals surface area contributed by atoms with E-state index in [2.05, 4.69) is 38.7 Å². The number of hydrogen-bond donors (Lipinski definition) is 0. The lowest BCUT2D eigenvalue weighted by atomic mass is 9.86. The van der Waals surface area contributed by atoms with Gasteiger partial charge in [-0.3, -0.25) is 0 Å². The summed E-state index contributed by atoms with van der Waals surface area (Å²) in [4.78, 5) is 2.37. The molecule has 0 bridgehead atoms. The maximum absolute atomic E-state index is 8.80. The van der Waals surface area contributed by atoms with Crippen LogP contribution in [0.25, 0.3) is 0 Å². The minimum Gasteiger partial charge on any atom is -0.372 e. The predicted molar refractivity (Wildman–Crippen MR) is 77.7 cm³/mol. The van der Waals surface area contributed by atoms with E-state index in [1.807, 2.05) is 24.3 Å². The van der Waals surface area contributed by atoms with Crippen molar-refractivity contribution < 1.29 is 0 Å². The Balaban J connectivity index is 2.68. The van der Waals surface area contributed by atoms with Gasteiger partial charge in [0.25, 0.3) is 0 Å². The third kappa shape index (κ3) is 4.07. The number of nitrogens with zero attached hydrogens (tertiary/aromatic N) is 2. The second-order valence-corrected chi connectivity index (χ2v) is 5.51. The highest BCUT2D eigenvalue weighted by atomic mass is 15.1. The Labute approximate surface area is 111 Å². The second-order valence-electron chi connectivity index (χ2n) is 5.51. The minimum atomic E-state index is 0.403. The number of rotatable bonds is 6. The lowest BCUT2D eigenvalue weighted by Crippen LogP contribution is -2.27. The van der Waals surface area contributed by atoms with Crippen LogP contribution in [-0.4, -0.2) is 13.1 Å². The van der Waals surface area contributed by atoms with E-state index in [4.69, 9.17) is 5.26 Å². The van der Waals surface area contributed by atoms with Crippen molar-refractivity contribution in [1.29, 1.82) is 5.26 Å². The highest BCUT2D eigenvalue weighted by molar-refractivity contribution is 5.49. The van der Waals surface area contributed by atoms with Crippen molar-refractivity contribution >= 4 is 5.69 Å². The van der Waals surface area contributed by atoms with Crippen LogP contribution in [0.2, 0.25) is 0 Å². The van der Waals surface area contributed by atoms with Crippen molar-refractivity contribution in [2.75, 3.05) is 18.0 Å². The zero-order valence-electron chi connectivity index (χ0n) is 12.0. The van der Waals surface area contributed by atoms with Gasteiger partial charge >= 0.3 is 0 Å². The molecule has 0 aliphatic carbocycles. The molecule has 98 valence electrons. The number of anilines is 1. The molecule has 0 aliphatic heterocycles. The van der Waals surface area contributed by atoms with Crippen molar-refractivity contribution in [2.24, 2.45) is 5.41 Å². The Bertz CT molecular complexity index is 398. The van der Waals surface area contributed by atoms with Crippen molar-refractivity contribution in [2.45, 2.75) is 40.5 Å². The number of benzene rings is 1. The average Bonchev–Trinajstić information content (AvgIpc) is 2.40. The Morgan fingerprint density at radius 1 is 1.17 bits per heavy atom. The molecular weight excluding hydrogens is 220 g/mol. The zero-order chi connectivity index (χ0) is 13.6. The van der Waals surface area contributed by atoms with E-state index in [0.29, 0.717) is 5.41 Å². The van der Waals surface area contributed by atoms with E-state index in [0.717, 1.165) is 18.7 Å². The summed E-state index contributed by atoms with van der Waals surface area (Å²) in [5, 5.41) is 8.80. The molecule has 1 aromatic rings. The first-order valence-electron chi connectivity index (χ1n) is 6.77. The quantitative estimate of drug-likeness (QED) is 0.749. The molecule has 0 unspecified atom stereocenters. The Morgan fingerprint density at radius 2 is 1.78 bits per heavy atom. The summed E-state index contributed by atoms with van der Waals surface area (Å²) in [5.41, 5.74) is 2.34. The lowest BCUT2D eigenvalue weighted by Gasteiger charge is -2.29. The molecule has 0 fully saturated rings. The average molecular weight is 244 g/mol. The SMILES string of the molecule is CCN(CCC(C)(C)CC)c1ccc(C#N)cc1. The fourth-order valence-electron chi connectivity index (χ4n) is 1.83. The molecule has 2 heteroatoms. The van der Waals surface area contributed by atoms with Crippen LogP contribution < -0.4 is 4.90 Å². The monoisotopic (exact) mass is 244 g/mol. The molecular formula is C16H24N2. The van der Waals surface area contributed by atoms with E-state index in [1.165, 1.54) is 18.5 Å². The Morgan fingerprint density at radius 3 is 2.22 bits per heavy atom. The van der Waals surface area contributed by atoms with Crippen molar-refractivity contribution in [3.8, 4) is 6.07 Å². The van der Waals surface area contributed by atoms with Crippen LogP contribution in [0.15, 0.2) is 24.3 Å². The normalized spacial score (nSPS) is 11.1. The van der Waals surface area contributed by atoms with Gasteiger partial charge in [-0.15, -0.1) is 0 Å². The highest BCUT2D eigenvalue weighted by Gasteiger charge is 2.16. The molecule has 0 spiro atoms. The minimum absolute atomic E-state index is 0.403. The van der Waals surface area contributed by atoms with Gasteiger partial charge in [0, 0.05) is 18.8 Å².